The zero-order valence-corrected chi connectivity index (χ0v) is 32.7. The van der Waals surface area contributed by atoms with Gasteiger partial charge in [0.2, 0.25) is 0 Å². The van der Waals surface area contributed by atoms with Gasteiger partial charge in [0.1, 0.15) is 23.9 Å². The highest BCUT2D eigenvalue weighted by atomic mass is 35.5. The third-order valence-electron chi connectivity index (χ3n) is 10.2. The average Bonchev–Trinajstić information content (AvgIpc) is 3.85. The fourth-order valence-electron chi connectivity index (χ4n) is 7.17. The number of methoxy groups -OCH3 is 1. The molecule has 4 N–H and O–H groups in total. The molecule has 11 nitrogen and oxygen atoms in total. The summed E-state index contributed by atoms with van der Waals surface area (Å²) in [6, 6.07) is 6.89. The molecule has 0 aromatic heterocycles. The molecular formula is C40H60ClNO10. The first-order chi connectivity index (χ1) is 24.4. The molecule has 0 radical (unpaired) electrons. The number of ether oxygens (including phenoxy) is 4. The Balaban J connectivity index is 1.96. The van der Waals surface area contributed by atoms with Gasteiger partial charge in [0.25, 0.3) is 0 Å². The minimum Gasteiger partial charge on any atom is -0.457 e. The summed E-state index contributed by atoms with van der Waals surface area (Å²) in [4.78, 5) is 26.8. The van der Waals surface area contributed by atoms with Crippen molar-refractivity contribution in [3.63, 3.8) is 0 Å². The predicted octanol–water partition coefficient (Wildman–Crippen LogP) is 4.92. The summed E-state index contributed by atoms with van der Waals surface area (Å²) in [7, 11) is 1.69. The lowest BCUT2D eigenvalue weighted by molar-refractivity contribution is -0.157. The van der Waals surface area contributed by atoms with Crippen LogP contribution in [0.5, 0.6) is 0 Å². The van der Waals surface area contributed by atoms with E-state index in [1.807, 2.05) is 36.1 Å². The zero-order chi connectivity index (χ0) is 38.8. The number of nitrogens with zero attached hydrogens (tertiary/aromatic N) is 1. The second-order valence-corrected chi connectivity index (χ2v) is 15.2. The monoisotopic (exact) mass is 749 g/mol. The quantitative estimate of drug-likeness (QED) is 0.0836. The Kier molecular flexibility index (Phi) is 16.5. The second kappa shape index (κ2) is 19.6. The van der Waals surface area contributed by atoms with Gasteiger partial charge in [0, 0.05) is 44.0 Å². The summed E-state index contributed by atoms with van der Waals surface area (Å²) in [6.45, 7) is 12.9. The lowest BCUT2D eigenvalue weighted by Crippen LogP contribution is -2.54. The van der Waals surface area contributed by atoms with E-state index < -0.39 is 53.4 Å². The van der Waals surface area contributed by atoms with Crippen LogP contribution in [0.3, 0.4) is 0 Å². The predicted molar refractivity (Wildman–Crippen MR) is 199 cm³/mol. The van der Waals surface area contributed by atoms with E-state index in [9.17, 15) is 30.0 Å². The molecular weight excluding hydrogens is 690 g/mol. The molecule has 2 heterocycles. The van der Waals surface area contributed by atoms with Gasteiger partial charge < -0.3 is 39.4 Å². The number of aliphatic hydroxyl groups is 4. The van der Waals surface area contributed by atoms with Crippen LogP contribution in [0.1, 0.15) is 79.7 Å². The normalized spacial score (nSPS) is 31.1. The molecule has 12 heteroatoms. The van der Waals surface area contributed by atoms with Crippen molar-refractivity contribution in [2.75, 3.05) is 20.3 Å². The summed E-state index contributed by atoms with van der Waals surface area (Å²) >= 11 is 6.15. The van der Waals surface area contributed by atoms with Crippen molar-refractivity contribution in [1.82, 2.24) is 4.90 Å². The van der Waals surface area contributed by atoms with E-state index in [4.69, 9.17) is 30.5 Å². The molecule has 1 fully saturated rings. The van der Waals surface area contributed by atoms with Crippen LogP contribution in [-0.4, -0.2) is 111 Å². The summed E-state index contributed by atoms with van der Waals surface area (Å²) in [5, 5.41) is 44.6. The first-order valence-electron chi connectivity index (χ1n) is 18.2. The molecule has 3 rings (SSSR count). The number of aliphatic hydroxyl groups excluding tert-OH is 2. The van der Waals surface area contributed by atoms with Crippen molar-refractivity contribution in [2.24, 2.45) is 11.8 Å². The molecule has 1 aromatic rings. The Morgan fingerprint density at radius 1 is 1.21 bits per heavy atom. The van der Waals surface area contributed by atoms with Gasteiger partial charge in [-0.25, -0.2) is 0 Å². The third kappa shape index (κ3) is 12.5. The van der Waals surface area contributed by atoms with E-state index >= 15 is 0 Å². The van der Waals surface area contributed by atoms with Crippen LogP contribution in [0.25, 0.3) is 0 Å². The van der Waals surface area contributed by atoms with E-state index in [-0.39, 0.29) is 56.6 Å². The number of cyclic esters (lactones) is 1. The van der Waals surface area contributed by atoms with Crippen LogP contribution in [-0.2, 0) is 35.1 Å². The van der Waals surface area contributed by atoms with Crippen LogP contribution >= 0.6 is 11.6 Å². The van der Waals surface area contributed by atoms with E-state index in [0.717, 1.165) is 12.0 Å². The van der Waals surface area contributed by atoms with Crippen molar-refractivity contribution < 1.29 is 49.0 Å². The number of rotatable bonds is 15. The molecule has 0 spiro atoms. The van der Waals surface area contributed by atoms with Gasteiger partial charge in [-0.3, -0.25) is 14.5 Å². The topological polar surface area (TPSA) is 159 Å². The van der Waals surface area contributed by atoms with Gasteiger partial charge in [-0.2, -0.15) is 0 Å². The van der Waals surface area contributed by atoms with Gasteiger partial charge >= 0.3 is 11.9 Å². The molecule has 52 heavy (non-hydrogen) atoms. The highest BCUT2D eigenvalue weighted by Crippen LogP contribution is 2.41. The lowest BCUT2D eigenvalue weighted by Gasteiger charge is -2.39. The maximum atomic E-state index is 12.9. The second-order valence-electron chi connectivity index (χ2n) is 14.8. The fraction of sp³-hybridized carbons (Fsp3) is 0.650. The van der Waals surface area contributed by atoms with Crippen molar-refractivity contribution in [3.8, 4) is 0 Å². The highest BCUT2D eigenvalue weighted by molar-refractivity contribution is 6.30. The average molecular weight is 750 g/mol. The number of epoxide rings is 1. The molecule has 7 unspecified atom stereocenters. The third-order valence-corrected chi connectivity index (χ3v) is 10.5. The van der Waals surface area contributed by atoms with Crippen molar-refractivity contribution >= 4 is 23.5 Å². The Hall–Kier alpha value is -2.61. The van der Waals surface area contributed by atoms with Gasteiger partial charge in [0.15, 0.2) is 0 Å². The van der Waals surface area contributed by atoms with Crippen molar-refractivity contribution in [1.29, 1.82) is 0 Å². The minimum absolute atomic E-state index is 0.0227. The molecule has 1 saturated heterocycles. The molecule has 292 valence electrons. The fourth-order valence-corrected chi connectivity index (χ4v) is 7.30. The maximum absolute atomic E-state index is 12.9. The number of halogens is 1. The molecule has 0 bridgehead atoms. The summed E-state index contributed by atoms with van der Waals surface area (Å²) in [6.07, 6.45) is 5.88. The summed E-state index contributed by atoms with van der Waals surface area (Å²) in [5.41, 5.74) is -1.31. The molecule has 2 aliphatic heterocycles. The highest BCUT2D eigenvalue weighted by Gasteiger charge is 2.56. The van der Waals surface area contributed by atoms with Crippen LogP contribution in [0.4, 0.5) is 0 Å². The van der Waals surface area contributed by atoms with Gasteiger partial charge in [-0.05, 0) is 69.4 Å². The standard InChI is InChI=1S/C40H60ClNO10/c1-9-32(49-8)27(4)36-37(52-36)38(42(21-22-43)24-29-13-15-30(41)16-14-29)40(7,48)19-10-11-25(2)35-26(3)12-17-33(50-28(5)44)39(6,47)20-18-31(45)23-34(46)51-35/h10-17,19,26-27,31-33,35-38,43,45,47-48H,9,18,20-24H2,1-8H3/b17-12+,19-10+,25-11+/t26?,27-,31?,32+,33+,35-,36?,37?,38?,39?,40?/m1/s1. The Morgan fingerprint density at radius 2 is 1.88 bits per heavy atom. The Morgan fingerprint density at radius 3 is 2.48 bits per heavy atom. The van der Waals surface area contributed by atoms with Crippen molar-refractivity contribution in [3.05, 3.63) is 70.8 Å². The zero-order valence-electron chi connectivity index (χ0n) is 31.9. The number of esters is 2. The number of carbonyl (C=O) groups is 2. The SMILES string of the molecule is CC[C@H](OC)[C@@H](C)C1OC1C(N(CCO)Cc1ccc(Cl)cc1)C(C)(O)/C=C/C=C(\C)[C@H]1OC(=O)CC(O)CCC(C)(O)[C@@H](OC(C)=O)/C=C/C1C. The smallest absolute Gasteiger partial charge is 0.309 e. The largest absolute Gasteiger partial charge is 0.457 e. The molecule has 2 aliphatic rings. The minimum atomic E-state index is -1.47. The van der Waals surface area contributed by atoms with Crippen LogP contribution < -0.4 is 0 Å². The van der Waals surface area contributed by atoms with Gasteiger partial charge in [-0.1, -0.05) is 68.8 Å². The molecule has 1 aromatic carbocycles. The van der Waals surface area contributed by atoms with E-state index in [2.05, 4.69) is 13.8 Å². The lowest BCUT2D eigenvalue weighted by atomic mass is 9.86. The Bertz CT molecular complexity index is 1390. The first-order valence-corrected chi connectivity index (χ1v) is 18.6. The molecule has 0 aliphatic carbocycles. The summed E-state index contributed by atoms with van der Waals surface area (Å²) < 4.78 is 23.3. The Labute approximate surface area is 314 Å². The molecule has 0 saturated carbocycles. The van der Waals surface area contributed by atoms with Crippen LogP contribution in [0, 0.1) is 11.8 Å². The molecule has 11 atom stereocenters. The van der Waals surface area contributed by atoms with E-state index in [1.54, 1.807) is 51.3 Å². The first kappa shape index (κ1) is 43.8. The maximum Gasteiger partial charge on any atom is 0.309 e. The molecule has 0 amide bonds. The van der Waals surface area contributed by atoms with Gasteiger partial charge in [0.05, 0.1) is 43.0 Å². The van der Waals surface area contributed by atoms with Crippen molar-refractivity contribution in [2.45, 2.75) is 135 Å². The van der Waals surface area contributed by atoms with Crippen LogP contribution in [0.15, 0.2) is 60.2 Å². The number of carbonyl (C=O) groups excluding carboxylic acids is 2. The summed E-state index contributed by atoms with van der Waals surface area (Å²) in [5.74, 6) is -1.51. The van der Waals surface area contributed by atoms with Gasteiger partial charge in [-0.15, -0.1) is 0 Å². The van der Waals surface area contributed by atoms with E-state index in [1.165, 1.54) is 13.8 Å². The number of hydrogen-bond acceptors (Lipinski definition) is 11. The van der Waals surface area contributed by atoms with E-state index in [0.29, 0.717) is 17.1 Å². The number of hydrogen-bond donors (Lipinski definition) is 4. The number of allylic oxidation sites excluding steroid dienone is 2. The van der Waals surface area contributed by atoms with Crippen LogP contribution in [0.2, 0.25) is 5.02 Å². The number of benzene rings is 1.